The first kappa shape index (κ1) is 19.1. The minimum Gasteiger partial charge on any atom is -0.293 e. The molecule has 8 heteroatoms. The van der Waals surface area contributed by atoms with Crippen molar-refractivity contribution in [3.05, 3.63) is 52.4 Å². The normalized spacial score (nSPS) is 47.2. The largest absolute Gasteiger partial charge is 0.293 e. The van der Waals surface area contributed by atoms with Gasteiger partial charge in [-0.3, -0.25) is 19.2 Å². The molecule has 4 nitrogen and oxygen atoms in total. The van der Waals surface area contributed by atoms with Gasteiger partial charge >= 0.3 is 0 Å². The zero-order valence-electron chi connectivity index (χ0n) is 16.6. The Morgan fingerprint density at radius 1 is 0.469 bits per heavy atom. The van der Waals surface area contributed by atoms with E-state index in [2.05, 4.69) is 24.3 Å². The van der Waals surface area contributed by atoms with Crippen LogP contribution in [-0.4, -0.2) is 23.1 Å². The zero-order valence-corrected chi connectivity index (χ0v) is 19.9. The van der Waals surface area contributed by atoms with Crippen LogP contribution in [0, 0.1) is 47.3 Å². The highest BCUT2D eigenvalue weighted by Crippen LogP contribution is 2.66. The minimum absolute atomic E-state index is 0.115. The molecular formula is C24H16O4S4. The van der Waals surface area contributed by atoms with Crippen LogP contribution in [0.25, 0.3) is 0 Å². The van der Waals surface area contributed by atoms with Gasteiger partial charge in [0.25, 0.3) is 0 Å². The number of hydrogen-bond donors (Lipinski definition) is 0. The van der Waals surface area contributed by atoms with Gasteiger partial charge in [-0.2, -0.15) is 0 Å². The zero-order chi connectivity index (χ0) is 21.5. The molecule has 0 saturated heterocycles. The summed E-state index contributed by atoms with van der Waals surface area (Å²) in [5.74, 6) is 0.443. The Bertz CT molecular complexity index is 1080. The minimum atomic E-state index is -0.200. The summed E-state index contributed by atoms with van der Waals surface area (Å²) in [5, 5.41) is 0. The van der Waals surface area contributed by atoms with Gasteiger partial charge in [0.2, 0.25) is 0 Å². The summed E-state index contributed by atoms with van der Waals surface area (Å²) in [6, 6.07) is 0. The van der Waals surface area contributed by atoms with Crippen LogP contribution in [0.15, 0.2) is 52.4 Å². The van der Waals surface area contributed by atoms with E-state index in [0.29, 0.717) is 19.6 Å². The molecule has 0 aromatic carbocycles. The van der Waals surface area contributed by atoms with Gasteiger partial charge in [-0.15, -0.1) is 0 Å². The molecule has 0 aromatic rings. The maximum Gasteiger partial charge on any atom is 0.175 e. The third-order valence-electron chi connectivity index (χ3n) is 8.38. The monoisotopic (exact) mass is 496 g/mol. The number of Topliss-reactive ketones (excluding diaryl/α,β-unsaturated/α-hetero) is 4. The molecule has 0 spiro atoms. The molecule has 32 heavy (non-hydrogen) atoms. The molecule has 8 atom stereocenters. The standard InChI is InChI=1S/C24H16O4S4/c25-15-11-7-1-2-8(5-7)12(11)16(26)20-19(15)29-23(30-20)24-31-21-17(27)13-9-3-4-10(6-9)14(13)18(28)22(21)32-24/h1-4,7-14H,5-6H2/t7-,8+,9-,10+,11?,12?,13?,14?. The van der Waals surface area contributed by atoms with Crippen LogP contribution in [0.1, 0.15) is 12.8 Å². The van der Waals surface area contributed by atoms with E-state index in [9.17, 15) is 19.2 Å². The van der Waals surface area contributed by atoms with E-state index in [4.69, 9.17) is 0 Å². The van der Waals surface area contributed by atoms with Gasteiger partial charge in [0.05, 0.1) is 28.1 Å². The molecule has 2 heterocycles. The van der Waals surface area contributed by atoms with Crippen LogP contribution in [0.3, 0.4) is 0 Å². The van der Waals surface area contributed by atoms with Crippen LogP contribution < -0.4 is 0 Å². The Balaban J connectivity index is 1.11. The van der Waals surface area contributed by atoms with Gasteiger partial charge in [0.15, 0.2) is 23.1 Å². The second-order valence-corrected chi connectivity index (χ2v) is 14.4. The van der Waals surface area contributed by atoms with E-state index in [0.717, 1.165) is 21.3 Å². The molecule has 4 bridgehead atoms. The molecule has 4 unspecified atom stereocenters. The summed E-state index contributed by atoms with van der Waals surface area (Å²) in [6.07, 6.45) is 10.3. The van der Waals surface area contributed by atoms with E-state index in [1.165, 1.54) is 47.0 Å². The lowest BCUT2D eigenvalue weighted by Gasteiger charge is -2.29. The van der Waals surface area contributed by atoms with Crippen LogP contribution in [0.4, 0.5) is 0 Å². The Morgan fingerprint density at radius 2 is 0.719 bits per heavy atom. The van der Waals surface area contributed by atoms with Gasteiger partial charge in [0.1, 0.15) is 0 Å². The number of carbonyl (C=O) groups is 4. The van der Waals surface area contributed by atoms with Gasteiger partial charge in [-0.1, -0.05) is 71.4 Å². The van der Waals surface area contributed by atoms with E-state index in [1.54, 1.807) is 0 Å². The predicted molar refractivity (Wildman–Crippen MR) is 127 cm³/mol. The highest BCUT2D eigenvalue weighted by Gasteiger charge is 2.59. The van der Waals surface area contributed by atoms with E-state index in [1.807, 2.05) is 0 Å². The maximum atomic E-state index is 13.3. The fourth-order valence-corrected chi connectivity index (χ4v) is 12.7. The molecule has 8 aliphatic rings. The molecular weight excluding hydrogens is 481 g/mol. The number of hydrogen-bond acceptors (Lipinski definition) is 8. The van der Waals surface area contributed by atoms with Gasteiger partial charge < -0.3 is 0 Å². The Hall–Kier alpha value is -1.22. The first-order chi connectivity index (χ1) is 15.5. The van der Waals surface area contributed by atoms with Crippen molar-refractivity contribution in [2.75, 3.05) is 0 Å². The number of allylic oxidation sites excluding steroid dienone is 8. The number of thioether (sulfide) groups is 4. The van der Waals surface area contributed by atoms with Crippen molar-refractivity contribution < 1.29 is 19.2 Å². The average molecular weight is 497 g/mol. The number of rotatable bonds is 0. The molecule has 2 saturated carbocycles. The summed E-state index contributed by atoms with van der Waals surface area (Å²) in [5.41, 5.74) is 0. The second kappa shape index (κ2) is 6.26. The lowest BCUT2D eigenvalue weighted by atomic mass is 9.74. The third-order valence-corrected chi connectivity index (χ3v) is 14.2. The van der Waals surface area contributed by atoms with Crippen LogP contribution in [0.2, 0.25) is 0 Å². The molecule has 0 radical (unpaired) electrons. The average Bonchev–Trinajstić information content (AvgIpc) is 3.61. The molecule has 2 fully saturated rings. The lowest BCUT2D eigenvalue weighted by molar-refractivity contribution is -0.129. The second-order valence-electron chi connectivity index (χ2n) is 9.76. The quantitative estimate of drug-likeness (QED) is 0.448. The van der Waals surface area contributed by atoms with Crippen molar-refractivity contribution in [1.29, 1.82) is 0 Å². The Morgan fingerprint density at radius 3 is 0.969 bits per heavy atom. The summed E-state index contributed by atoms with van der Waals surface area (Å²) in [4.78, 5) is 55.6. The van der Waals surface area contributed by atoms with Crippen LogP contribution >= 0.6 is 47.0 Å². The van der Waals surface area contributed by atoms with Crippen molar-refractivity contribution in [3.63, 3.8) is 0 Å². The highest BCUT2D eigenvalue weighted by atomic mass is 32.2. The van der Waals surface area contributed by atoms with Crippen molar-refractivity contribution in [3.8, 4) is 0 Å². The molecule has 0 amide bonds. The van der Waals surface area contributed by atoms with Gasteiger partial charge in [0, 0.05) is 23.7 Å². The van der Waals surface area contributed by atoms with E-state index < -0.39 is 0 Å². The summed E-state index contributed by atoms with van der Waals surface area (Å²) in [7, 11) is 0. The third kappa shape index (κ3) is 2.19. The molecule has 2 aliphatic heterocycles. The fraction of sp³-hybridized carbons (Fsp3) is 0.417. The van der Waals surface area contributed by atoms with Crippen molar-refractivity contribution in [2.45, 2.75) is 12.8 Å². The summed E-state index contributed by atoms with van der Waals surface area (Å²) >= 11 is 5.55. The molecule has 6 aliphatic carbocycles. The van der Waals surface area contributed by atoms with E-state index >= 15 is 0 Å². The number of ketones is 4. The molecule has 8 rings (SSSR count). The van der Waals surface area contributed by atoms with Crippen LogP contribution in [-0.2, 0) is 19.2 Å². The first-order valence-corrected chi connectivity index (χ1v) is 14.3. The van der Waals surface area contributed by atoms with Crippen LogP contribution in [0.5, 0.6) is 0 Å². The number of carbonyl (C=O) groups excluding carboxylic acids is 4. The lowest BCUT2D eigenvalue weighted by Crippen LogP contribution is -2.38. The Labute approximate surface area is 201 Å². The number of fused-ring (bicyclic) bond motifs is 10. The van der Waals surface area contributed by atoms with Crippen molar-refractivity contribution in [2.24, 2.45) is 47.3 Å². The molecule has 0 aromatic heterocycles. The highest BCUT2D eigenvalue weighted by molar-refractivity contribution is 8.35. The SMILES string of the molecule is O=C1C2=C(SC(=C3SC4=C(S3)C(=O)C3C(C4=O)[C@@H]4C=C[C@H]3C4)S2)C(=O)C2C1[C@@H]1C=C[C@H]2C1. The topological polar surface area (TPSA) is 68.3 Å². The summed E-state index contributed by atoms with van der Waals surface area (Å²) in [6.45, 7) is 0. The van der Waals surface area contributed by atoms with E-state index in [-0.39, 0.29) is 70.5 Å². The maximum absolute atomic E-state index is 13.3. The molecule has 0 N–H and O–H groups in total. The van der Waals surface area contributed by atoms with Crippen molar-refractivity contribution in [1.82, 2.24) is 0 Å². The van der Waals surface area contributed by atoms with Gasteiger partial charge in [-0.05, 0) is 36.5 Å². The predicted octanol–water partition coefficient (Wildman–Crippen LogP) is 4.68. The van der Waals surface area contributed by atoms with Gasteiger partial charge in [-0.25, -0.2) is 0 Å². The smallest absolute Gasteiger partial charge is 0.175 e. The Kier molecular flexibility index (Phi) is 3.74. The fourth-order valence-electron chi connectivity index (χ4n) is 7.09. The first-order valence-electron chi connectivity index (χ1n) is 11.0. The van der Waals surface area contributed by atoms with Crippen molar-refractivity contribution >= 4 is 70.2 Å². The summed E-state index contributed by atoms with van der Waals surface area (Å²) < 4.78 is 1.77. The molecule has 160 valence electrons.